The van der Waals surface area contributed by atoms with Crippen LogP contribution in [-0.4, -0.2) is 11.9 Å². The van der Waals surface area contributed by atoms with Gasteiger partial charge in [-0.05, 0) is 43.4 Å². The molecule has 1 fully saturated rings. The Morgan fingerprint density at radius 2 is 1.89 bits per heavy atom. The lowest BCUT2D eigenvalue weighted by molar-refractivity contribution is -0.122. The number of primary amides is 1. The van der Waals surface area contributed by atoms with E-state index in [-0.39, 0.29) is 11.8 Å². The number of carbonyl (C=O) groups excluding carboxylic acids is 1. The molecule has 1 aliphatic rings. The summed E-state index contributed by atoms with van der Waals surface area (Å²) in [5, 5.41) is 12.2. The Balaban J connectivity index is 1.77. The first-order valence-electron chi connectivity index (χ1n) is 6.71. The molecule has 3 N–H and O–H groups in total. The molecule has 4 nitrogen and oxygen atoms in total. The minimum Gasteiger partial charge on any atom is -0.369 e. The highest BCUT2D eigenvalue weighted by Crippen LogP contribution is 2.24. The lowest BCUT2D eigenvalue weighted by atomic mass is 9.85. The molecule has 1 aliphatic carbocycles. The van der Waals surface area contributed by atoms with Crippen molar-refractivity contribution in [1.29, 1.82) is 5.26 Å². The number of amides is 1. The molecule has 0 atom stereocenters. The van der Waals surface area contributed by atoms with Gasteiger partial charge in [0.2, 0.25) is 5.91 Å². The summed E-state index contributed by atoms with van der Waals surface area (Å²) in [7, 11) is 0. The zero-order valence-corrected chi connectivity index (χ0v) is 10.9. The number of hydrogen-bond donors (Lipinski definition) is 2. The fourth-order valence-electron chi connectivity index (χ4n) is 2.54. The summed E-state index contributed by atoms with van der Waals surface area (Å²) >= 11 is 0. The third kappa shape index (κ3) is 3.80. The van der Waals surface area contributed by atoms with Crippen LogP contribution < -0.4 is 11.1 Å². The van der Waals surface area contributed by atoms with Gasteiger partial charge in [-0.15, -0.1) is 0 Å². The molecule has 0 radical (unpaired) electrons. The topological polar surface area (TPSA) is 78.9 Å². The molecule has 0 aliphatic heterocycles. The molecule has 0 spiro atoms. The van der Waals surface area contributed by atoms with E-state index in [2.05, 4.69) is 11.4 Å². The van der Waals surface area contributed by atoms with Crippen LogP contribution in [0, 0.1) is 17.2 Å². The molecule has 100 valence electrons. The van der Waals surface area contributed by atoms with Gasteiger partial charge in [0.25, 0.3) is 0 Å². The Labute approximate surface area is 113 Å². The molecule has 0 unspecified atom stereocenters. The number of nitrogens with zero attached hydrogens (tertiary/aromatic N) is 1. The van der Waals surface area contributed by atoms with Gasteiger partial charge < -0.3 is 11.1 Å². The van der Waals surface area contributed by atoms with Crippen molar-refractivity contribution >= 4 is 5.91 Å². The van der Waals surface area contributed by atoms with E-state index in [1.807, 2.05) is 24.3 Å². The molecule has 1 saturated carbocycles. The number of nitrogens with two attached hydrogens (primary N) is 1. The number of hydrogen-bond acceptors (Lipinski definition) is 3. The van der Waals surface area contributed by atoms with Crippen molar-refractivity contribution in [2.24, 2.45) is 11.7 Å². The molecule has 1 aromatic rings. The second kappa shape index (κ2) is 6.35. The van der Waals surface area contributed by atoms with Crippen LogP contribution in [0.25, 0.3) is 0 Å². The maximum atomic E-state index is 11.1. The number of benzene rings is 1. The summed E-state index contributed by atoms with van der Waals surface area (Å²) in [4.78, 5) is 11.1. The second-order valence-electron chi connectivity index (χ2n) is 5.14. The summed E-state index contributed by atoms with van der Waals surface area (Å²) < 4.78 is 0. The van der Waals surface area contributed by atoms with Crippen molar-refractivity contribution < 1.29 is 4.79 Å². The molecular weight excluding hydrogens is 238 g/mol. The minimum absolute atomic E-state index is 0.0629. The first kappa shape index (κ1) is 13.6. The van der Waals surface area contributed by atoms with Gasteiger partial charge >= 0.3 is 0 Å². The lowest BCUT2D eigenvalue weighted by Gasteiger charge is -2.27. The SMILES string of the molecule is N#Cc1ccc(CNC2CCC(C(N)=O)CC2)cc1. The third-order valence-electron chi connectivity index (χ3n) is 3.81. The number of carbonyl (C=O) groups is 1. The second-order valence-corrected chi connectivity index (χ2v) is 5.14. The Morgan fingerprint density at radius 1 is 1.26 bits per heavy atom. The van der Waals surface area contributed by atoms with Gasteiger partial charge in [0, 0.05) is 18.5 Å². The zero-order valence-electron chi connectivity index (χ0n) is 10.9. The van der Waals surface area contributed by atoms with E-state index >= 15 is 0 Å². The van der Waals surface area contributed by atoms with E-state index < -0.39 is 0 Å². The first-order valence-corrected chi connectivity index (χ1v) is 6.71. The van der Waals surface area contributed by atoms with Crippen molar-refractivity contribution in [3.63, 3.8) is 0 Å². The number of nitrogens with one attached hydrogen (secondary N) is 1. The Hall–Kier alpha value is -1.86. The highest BCUT2D eigenvalue weighted by Gasteiger charge is 2.24. The normalized spacial score (nSPS) is 22.7. The van der Waals surface area contributed by atoms with Crippen molar-refractivity contribution in [3.8, 4) is 6.07 Å². The van der Waals surface area contributed by atoms with Gasteiger partial charge in [-0.25, -0.2) is 0 Å². The van der Waals surface area contributed by atoms with Crippen molar-refractivity contribution in [1.82, 2.24) is 5.32 Å². The first-order chi connectivity index (χ1) is 9.19. The molecule has 4 heteroatoms. The largest absolute Gasteiger partial charge is 0.369 e. The van der Waals surface area contributed by atoms with Crippen LogP contribution in [0.2, 0.25) is 0 Å². The molecule has 0 saturated heterocycles. The minimum atomic E-state index is -0.162. The quantitative estimate of drug-likeness (QED) is 0.861. The maximum absolute atomic E-state index is 11.1. The van der Waals surface area contributed by atoms with Gasteiger partial charge in [0.15, 0.2) is 0 Å². The lowest BCUT2D eigenvalue weighted by Crippen LogP contribution is -2.36. The van der Waals surface area contributed by atoms with Crippen LogP contribution >= 0.6 is 0 Å². The van der Waals surface area contributed by atoms with Gasteiger partial charge in [0.1, 0.15) is 0 Å². The van der Waals surface area contributed by atoms with Crippen LogP contribution in [0.5, 0.6) is 0 Å². The van der Waals surface area contributed by atoms with E-state index in [1.54, 1.807) is 0 Å². The molecular formula is C15H19N3O. The Bertz CT molecular complexity index is 467. The fraction of sp³-hybridized carbons (Fsp3) is 0.467. The van der Waals surface area contributed by atoms with Gasteiger partial charge in [-0.2, -0.15) is 5.26 Å². The summed E-state index contributed by atoms with van der Waals surface area (Å²) in [6.07, 6.45) is 3.79. The van der Waals surface area contributed by atoms with Crippen molar-refractivity contribution in [2.45, 2.75) is 38.3 Å². The van der Waals surface area contributed by atoms with Crippen LogP contribution in [-0.2, 0) is 11.3 Å². The van der Waals surface area contributed by atoms with E-state index in [0.717, 1.165) is 32.2 Å². The third-order valence-corrected chi connectivity index (χ3v) is 3.81. The highest BCUT2D eigenvalue weighted by molar-refractivity contribution is 5.76. The average molecular weight is 257 g/mol. The summed E-state index contributed by atoms with van der Waals surface area (Å²) in [5.41, 5.74) is 7.18. The summed E-state index contributed by atoms with van der Waals surface area (Å²) in [6.45, 7) is 0.803. The standard InChI is InChI=1S/C15H19N3O/c16-9-11-1-3-12(4-2-11)10-18-14-7-5-13(6-8-14)15(17)19/h1-4,13-14,18H,5-8,10H2,(H2,17,19). The number of rotatable bonds is 4. The highest BCUT2D eigenvalue weighted by atomic mass is 16.1. The molecule has 2 rings (SSSR count). The monoisotopic (exact) mass is 257 g/mol. The molecule has 0 heterocycles. The maximum Gasteiger partial charge on any atom is 0.220 e. The summed E-state index contributed by atoms with van der Waals surface area (Å²) in [5.74, 6) is -0.0986. The van der Waals surface area contributed by atoms with Gasteiger partial charge in [0.05, 0.1) is 11.6 Å². The van der Waals surface area contributed by atoms with E-state index in [0.29, 0.717) is 11.6 Å². The van der Waals surface area contributed by atoms with Crippen LogP contribution in [0.3, 0.4) is 0 Å². The molecule has 0 aromatic heterocycles. The smallest absolute Gasteiger partial charge is 0.220 e. The van der Waals surface area contributed by atoms with Crippen LogP contribution in [0.1, 0.15) is 36.8 Å². The van der Waals surface area contributed by atoms with Crippen LogP contribution in [0.15, 0.2) is 24.3 Å². The van der Waals surface area contributed by atoms with Gasteiger partial charge in [-0.3, -0.25) is 4.79 Å². The molecule has 19 heavy (non-hydrogen) atoms. The predicted octanol–water partition coefficient (Wildman–Crippen LogP) is 1.69. The Kier molecular flexibility index (Phi) is 4.53. The Morgan fingerprint density at radius 3 is 2.42 bits per heavy atom. The molecule has 1 aromatic carbocycles. The average Bonchev–Trinajstić information content (AvgIpc) is 2.46. The van der Waals surface area contributed by atoms with Crippen LogP contribution in [0.4, 0.5) is 0 Å². The van der Waals surface area contributed by atoms with Crippen molar-refractivity contribution in [2.75, 3.05) is 0 Å². The van der Waals surface area contributed by atoms with E-state index in [1.165, 1.54) is 5.56 Å². The van der Waals surface area contributed by atoms with E-state index in [9.17, 15) is 4.79 Å². The van der Waals surface area contributed by atoms with E-state index in [4.69, 9.17) is 11.0 Å². The molecule has 1 amide bonds. The predicted molar refractivity (Wildman–Crippen MR) is 72.9 cm³/mol. The number of nitriles is 1. The summed E-state index contributed by atoms with van der Waals surface area (Å²) in [6, 6.07) is 10.2. The molecule has 0 bridgehead atoms. The zero-order chi connectivity index (χ0) is 13.7. The fourth-order valence-corrected chi connectivity index (χ4v) is 2.54. The van der Waals surface area contributed by atoms with Crippen molar-refractivity contribution in [3.05, 3.63) is 35.4 Å². The van der Waals surface area contributed by atoms with Gasteiger partial charge in [-0.1, -0.05) is 12.1 Å².